The summed E-state index contributed by atoms with van der Waals surface area (Å²) < 4.78 is 27.4. The summed E-state index contributed by atoms with van der Waals surface area (Å²) in [6.07, 6.45) is 0.611. The zero-order valence-electron chi connectivity index (χ0n) is 13.1. The second-order valence-electron chi connectivity index (χ2n) is 5.44. The second kappa shape index (κ2) is 7.83. The van der Waals surface area contributed by atoms with E-state index in [9.17, 15) is 13.6 Å². The molecular weight excluding hydrogens is 298 g/mol. The molecule has 2 rings (SSSR count). The zero-order chi connectivity index (χ0) is 16.8. The predicted octanol–water partition coefficient (Wildman–Crippen LogP) is 3.26. The van der Waals surface area contributed by atoms with Crippen LogP contribution in [0.1, 0.15) is 27.9 Å². The van der Waals surface area contributed by atoms with Crippen molar-refractivity contribution in [1.82, 2.24) is 4.90 Å². The monoisotopic (exact) mass is 318 g/mol. The van der Waals surface area contributed by atoms with Crippen LogP contribution in [0.25, 0.3) is 0 Å². The lowest BCUT2D eigenvalue weighted by atomic mass is 10.1. The van der Waals surface area contributed by atoms with E-state index in [1.54, 1.807) is 0 Å². The molecule has 0 aliphatic rings. The van der Waals surface area contributed by atoms with Crippen LogP contribution in [0.3, 0.4) is 0 Å². The van der Waals surface area contributed by atoms with Gasteiger partial charge in [-0.3, -0.25) is 4.79 Å². The van der Waals surface area contributed by atoms with E-state index in [-0.39, 0.29) is 11.1 Å². The Morgan fingerprint density at radius 3 is 2.48 bits per heavy atom. The standard InChI is InChI=1S/C18H20F2N2O/c1-13-10-15(17(20)11-16(13)19)18(23)22(9-5-8-21)12-14-6-3-2-4-7-14/h2-4,6-7,10-11H,5,8-9,12,21H2,1H3. The molecule has 1 amide bonds. The normalized spacial score (nSPS) is 10.6. The number of nitrogens with zero attached hydrogens (tertiary/aromatic N) is 1. The van der Waals surface area contributed by atoms with Crippen LogP contribution in [0.15, 0.2) is 42.5 Å². The van der Waals surface area contributed by atoms with E-state index in [0.29, 0.717) is 26.1 Å². The van der Waals surface area contributed by atoms with Gasteiger partial charge >= 0.3 is 0 Å². The Hall–Kier alpha value is -2.27. The van der Waals surface area contributed by atoms with Gasteiger partial charge in [0.15, 0.2) is 0 Å². The lowest BCUT2D eigenvalue weighted by Gasteiger charge is -2.23. The van der Waals surface area contributed by atoms with Crippen molar-refractivity contribution < 1.29 is 13.6 Å². The first-order valence-corrected chi connectivity index (χ1v) is 7.52. The average Bonchev–Trinajstić information content (AvgIpc) is 2.55. The molecular formula is C18H20F2N2O. The average molecular weight is 318 g/mol. The third-order valence-electron chi connectivity index (χ3n) is 3.61. The predicted molar refractivity (Wildman–Crippen MR) is 85.9 cm³/mol. The van der Waals surface area contributed by atoms with E-state index in [4.69, 9.17) is 5.73 Å². The first kappa shape index (κ1) is 17.1. The number of hydrogen-bond donors (Lipinski definition) is 1. The zero-order valence-corrected chi connectivity index (χ0v) is 13.1. The van der Waals surface area contributed by atoms with Gasteiger partial charge < -0.3 is 10.6 Å². The molecule has 0 aromatic heterocycles. The number of benzene rings is 2. The Kier molecular flexibility index (Phi) is 5.82. The fourth-order valence-corrected chi connectivity index (χ4v) is 2.33. The molecule has 122 valence electrons. The molecule has 0 atom stereocenters. The maximum absolute atomic E-state index is 14.0. The molecule has 2 aromatic carbocycles. The molecule has 3 nitrogen and oxygen atoms in total. The summed E-state index contributed by atoms with van der Waals surface area (Å²) in [7, 11) is 0. The van der Waals surface area contributed by atoms with Gasteiger partial charge in [-0.2, -0.15) is 0 Å². The van der Waals surface area contributed by atoms with Crippen molar-refractivity contribution in [2.45, 2.75) is 19.9 Å². The first-order chi connectivity index (χ1) is 11.0. The number of halogens is 2. The van der Waals surface area contributed by atoms with E-state index in [2.05, 4.69) is 0 Å². The van der Waals surface area contributed by atoms with Crippen molar-refractivity contribution in [3.8, 4) is 0 Å². The van der Waals surface area contributed by atoms with Crippen molar-refractivity contribution >= 4 is 5.91 Å². The fraction of sp³-hybridized carbons (Fsp3) is 0.278. The van der Waals surface area contributed by atoms with Crippen LogP contribution in [-0.4, -0.2) is 23.9 Å². The molecule has 0 aliphatic heterocycles. The van der Waals surface area contributed by atoms with E-state index < -0.39 is 17.5 Å². The van der Waals surface area contributed by atoms with Crippen LogP contribution >= 0.6 is 0 Å². The molecule has 0 aliphatic carbocycles. The Labute approximate surface area is 134 Å². The largest absolute Gasteiger partial charge is 0.334 e. The second-order valence-corrected chi connectivity index (χ2v) is 5.44. The summed E-state index contributed by atoms with van der Waals surface area (Å²) in [5, 5.41) is 0. The van der Waals surface area contributed by atoms with Crippen molar-refractivity contribution in [2.75, 3.05) is 13.1 Å². The smallest absolute Gasteiger partial charge is 0.257 e. The van der Waals surface area contributed by atoms with Crippen molar-refractivity contribution in [1.29, 1.82) is 0 Å². The van der Waals surface area contributed by atoms with Crippen LogP contribution in [0.4, 0.5) is 8.78 Å². The molecule has 0 heterocycles. The van der Waals surface area contributed by atoms with Gasteiger partial charge in [-0.15, -0.1) is 0 Å². The lowest BCUT2D eigenvalue weighted by Crippen LogP contribution is -2.33. The van der Waals surface area contributed by atoms with E-state index in [1.807, 2.05) is 30.3 Å². The van der Waals surface area contributed by atoms with Gasteiger partial charge in [0.05, 0.1) is 5.56 Å². The Morgan fingerprint density at radius 1 is 1.13 bits per heavy atom. The van der Waals surface area contributed by atoms with Gasteiger partial charge in [0.25, 0.3) is 5.91 Å². The number of hydrogen-bond acceptors (Lipinski definition) is 2. The van der Waals surface area contributed by atoms with Crippen LogP contribution in [0.5, 0.6) is 0 Å². The highest BCUT2D eigenvalue weighted by molar-refractivity contribution is 5.94. The SMILES string of the molecule is Cc1cc(C(=O)N(CCCN)Cc2ccccc2)c(F)cc1F. The highest BCUT2D eigenvalue weighted by Crippen LogP contribution is 2.18. The van der Waals surface area contributed by atoms with E-state index in [0.717, 1.165) is 11.6 Å². The minimum atomic E-state index is -0.844. The number of aryl methyl sites for hydroxylation is 1. The minimum absolute atomic E-state index is 0.114. The van der Waals surface area contributed by atoms with Gasteiger partial charge in [0.1, 0.15) is 11.6 Å². The molecule has 0 saturated heterocycles. The molecule has 0 unspecified atom stereocenters. The summed E-state index contributed by atoms with van der Waals surface area (Å²) in [6, 6.07) is 11.5. The van der Waals surface area contributed by atoms with Crippen LogP contribution in [0, 0.1) is 18.6 Å². The lowest BCUT2D eigenvalue weighted by molar-refractivity contribution is 0.0737. The summed E-state index contributed by atoms with van der Waals surface area (Å²) in [5.41, 5.74) is 6.59. The maximum atomic E-state index is 14.0. The van der Waals surface area contributed by atoms with Gasteiger partial charge in [0.2, 0.25) is 0 Å². The third kappa shape index (κ3) is 4.36. The minimum Gasteiger partial charge on any atom is -0.334 e. The number of carbonyl (C=O) groups is 1. The summed E-state index contributed by atoms with van der Waals surface area (Å²) >= 11 is 0. The molecule has 0 radical (unpaired) electrons. The number of carbonyl (C=O) groups excluding carboxylic acids is 1. The molecule has 0 fully saturated rings. The summed E-state index contributed by atoms with van der Waals surface area (Å²) in [5.74, 6) is -1.96. The highest BCUT2D eigenvalue weighted by Gasteiger charge is 2.20. The summed E-state index contributed by atoms with van der Waals surface area (Å²) in [6.45, 7) is 2.71. The van der Waals surface area contributed by atoms with Crippen molar-refractivity contribution in [3.05, 3.63) is 70.8 Å². The molecule has 2 aromatic rings. The van der Waals surface area contributed by atoms with Gasteiger partial charge in [-0.25, -0.2) is 8.78 Å². The third-order valence-corrected chi connectivity index (χ3v) is 3.61. The van der Waals surface area contributed by atoms with E-state index in [1.165, 1.54) is 17.9 Å². The molecule has 0 bridgehead atoms. The number of amides is 1. The highest BCUT2D eigenvalue weighted by atomic mass is 19.1. The Balaban J connectivity index is 2.27. The maximum Gasteiger partial charge on any atom is 0.257 e. The van der Waals surface area contributed by atoms with Crippen LogP contribution in [-0.2, 0) is 6.54 Å². The molecule has 0 spiro atoms. The van der Waals surface area contributed by atoms with Gasteiger partial charge in [0, 0.05) is 19.2 Å². The van der Waals surface area contributed by atoms with E-state index >= 15 is 0 Å². The van der Waals surface area contributed by atoms with Crippen LogP contribution < -0.4 is 5.73 Å². The summed E-state index contributed by atoms with van der Waals surface area (Å²) in [4.78, 5) is 14.2. The fourth-order valence-electron chi connectivity index (χ4n) is 2.33. The quantitative estimate of drug-likeness (QED) is 0.888. The van der Waals surface area contributed by atoms with Crippen LogP contribution in [0.2, 0.25) is 0 Å². The van der Waals surface area contributed by atoms with Gasteiger partial charge in [-0.05, 0) is 37.1 Å². The number of rotatable bonds is 6. The Morgan fingerprint density at radius 2 is 1.83 bits per heavy atom. The van der Waals surface area contributed by atoms with Crippen molar-refractivity contribution in [2.24, 2.45) is 5.73 Å². The molecule has 5 heteroatoms. The number of nitrogens with two attached hydrogens (primary N) is 1. The topological polar surface area (TPSA) is 46.3 Å². The van der Waals surface area contributed by atoms with Crippen molar-refractivity contribution in [3.63, 3.8) is 0 Å². The van der Waals surface area contributed by atoms with Gasteiger partial charge in [-0.1, -0.05) is 30.3 Å². The molecule has 2 N–H and O–H groups in total. The first-order valence-electron chi connectivity index (χ1n) is 7.52. The Bertz CT molecular complexity index is 674. The molecule has 23 heavy (non-hydrogen) atoms. The molecule has 0 saturated carbocycles.